The van der Waals surface area contributed by atoms with Crippen LogP contribution in [0.1, 0.15) is 43.6 Å². The summed E-state index contributed by atoms with van der Waals surface area (Å²) in [6.45, 7) is 2.33. The van der Waals surface area contributed by atoms with Crippen molar-refractivity contribution in [3.63, 3.8) is 0 Å². The molecule has 4 aromatic rings. The molecule has 14 heteroatoms. The highest BCUT2D eigenvalue weighted by atomic mass is 32.2. The Kier molecular flexibility index (Phi) is 11.6. The Morgan fingerprint density at radius 2 is 1.76 bits per heavy atom. The van der Waals surface area contributed by atoms with Gasteiger partial charge in [-0.05, 0) is 60.5 Å². The molecule has 0 spiro atoms. The van der Waals surface area contributed by atoms with Gasteiger partial charge in [-0.1, -0.05) is 24.3 Å². The van der Waals surface area contributed by atoms with Crippen molar-refractivity contribution in [1.82, 2.24) is 10.2 Å². The first-order chi connectivity index (χ1) is 24.1. The number of hydrogen-bond acceptors (Lipinski definition) is 10. The van der Waals surface area contributed by atoms with Crippen LogP contribution in [-0.2, 0) is 32.1 Å². The Morgan fingerprint density at radius 3 is 2.48 bits per heavy atom. The highest BCUT2D eigenvalue weighted by Gasteiger charge is 2.30. The molecule has 0 fully saturated rings. The highest BCUT2D eigenvalue weighted by molar-refractivity contribution is 8.00. The van der Waals surface area contributed by atoms with E-state index >= 15 is 0 Å². The number of nitrogens with zero attached hydrogens (tertiary/aromatic N) is 1. The van der Waals surface area contributed by atoms with Crippen molar-refractivity contribution in [1.29, 1.82) is 0 Å². The summed E-state index contributed by atoms with van der Waals surface area (Å²) in [6, 6.07) is 19.7. The number of thiophene rings is 1. The monoisotopic (exact) mass is 714 g/mol. The van der Waals surface area contributed by atoms with Crippen molar-refractivity contribution >= 4 is 69.5 Å². The molecule has 1 aliphatic rings. The molecule has 0 unspecified atom stereocenters. The first-order valence-electron chi connectivity index (χ1n) is 15.3. The molecule has 5 rings (SSSR count). The van der Waals surface area contributed by atoms with Crippen LogP contribution < -0.4 is 20.7 Å². The number of anilines is 2. The van der Waals surface area contributed by atoms with Gasteiger partial charge in [-0.15, -0.1) is 23.1 Å². The van der Waals surface area contributed by atoms with E-state index in [1.54, 1.807) is 65.6 Å². The van der Waals surface area contributed by atoms with Crippen molar-refractivity contribution in [2.45, 2.75) is 24.8 Å². The predicted octanol–water partition coefficient (Wildman–Crippen LogP) is 5.29. The van der Waals surface area contributed by atoms with Gasteiger partial charge in [0.1, 0.15) is 22.2 Å². The van der Waals surface area contributed by atoms with Crippen LogP contribution in [0, 0.1) is 0 Å². The summed E-state index contributed by atoms with van der Waals surface area (Å²) in [7, 11) is 2.71. The number of esters is 1. The normalized spacial score (nSPS) is 12.4. The maximum Gasteiger partial charge on any atom is 0.341 e. The van der Waals surface area contributed by atoms with Gasteiger partial charge in [0.2, 0.25) is 11.8 Å². The molecule has 0 saturated heterocycles. The number of nitrogens with one attached hydrogen (secondary N) is 3. The second-order valence-electron chi connectivity index (χ2n) is 11.0. The van der Waals surface area contributed by atoms with Gasteiger partial charge in [0.15, 0.2) is 0 Å². The van der Waals surface area contributed by atoms with Gasteiger partial charge in [0.25, 0.3) is 11.8 Å². The molecule has 12 nitrogen and oxygen atoms in total. The Morgan fingerprint density at radius 1 is 0.980 bits per heavy atom. The molecule has 258 valence electrons. The van der Waals surface area contributed by atoms with Crippen LogP contribution in [0.5, 0.6) is 11.5 Å². The van der Waals surface area contributed by atoms with E-state index in [4.69, 9.17) is 9.47 Å². The fourth-order valence-electron chi connectivity index (χ4n) is 5.17. The number of hydrogen-bond donors (Lipinski definition) is 4. The Bertz CT molecular complexity index is 1980. The van der Waals surface area contributed by atoms with Crippen LogP contribution >= 0.6 is 23.1 Å². The summed E-state index contributed by atoms with van der Waals surface area (Å²) in [5.41, 5.74) is 2.21. The van der Waals surface area contributed by atoms with E-state index in [1.807, 2.05) is 0 Å². The second kappa shape index (κ2) is 16.2. The highest BCUT2D eigenvalue weighted by Crippen LogP contribution is 2.38. The molecule has 0 atom stereocenters. The lowest BCUT2D eigenvalue weighted by molar-refractivity contribution is -0.129. The smallest absolute Gasteiger partial charge is 0.341 e. The van der Waals surface area contributed by atoms with Crippen LogP contribution in [0.25, 0.3) is 6.08 Å². The number of methoxy groups -OCH3 is 2. The zero-order valence-corrected chi connectivity index (χ0v) is 29.0. The number of ether oxygens (including phenoxy) is 2. The lowest BCUT2D eigenvalue weighted by Gasteiger charge is -2.25. The third kappa shape index (κ3) is 8.70. The average Bonchev–Trinajstić information content (AvgIpc) is 3.48. The lowest BCUT2D eigenvalue weighted by atomic mass is 10.0. The number of phenolic OH excluding ortho intramolecular Hbond substituents is 1. The van der Waals surface area contributed by atoms with Crippen LogP contribution in [0.4, 0.5) is 10.7 Å². The Hall–Kier alpha value is -5.60. The summed E-state index contributed by atoms with van der Waals surface area (Å²) in [6.07, 6.45) is 1.92. The molecule has 0 aliphatic carbocycles. The second-order valence-corrected chi connectivity index (χ2v) is 13.2. The molecule has 1 aliphatic heterocycles. The number of fused-ring (bicyclic) bond motifs is 1. The zero-order chi connectivity index (χ0) is 35.8. The fraction of sp³-hybridized carbons (Fsp3) is 0.194. The maximum absolute atomic E-state index is 13.6. The van der Waals surface area contributed by atoms with Gasteiger partial charge in [0, 0.05) is 46.1 Å². The number of amides is 4. The third-order valence-electron chi connectivity index (χ3n) is 7.65. The first kappa shape index (κ1) is 35.7. The number of phenols is 1. The first-order valence-corrected chi connectivity index (χ1v) is 17.1. The number of aromatic hydroxyl groups is 1. The minimum absolute atomic E-state index is 0.000910. The van der Waals surface area contributed by atoms with Crippen LogP contribution in [-0.4, -0.2) is 66.1 Å². The average molecular weight is 715 g/mol. The van der Waals surface area contributed by atoms with Gasteiger partial charge in [0.05, 0.1) is 32.1 Å². The summed E-state index contributed by atoms with van der Waals surface area (Å²) in [5.74, 6) is -1.83. The van der Waals surface area contributed by atoms with E-state index in [2.05, 4.69) is 16.0 Å². The van der Waals surface area contributed by atoms with E-state index in [1.165, 1.54) is 62.5 Å². The molecule has 4 N–H and O–H groups in total. The fourth-order valence-corrected chi connectivity index (χ4v) is 7.19. The molecular weight excluding hydrogens is 681 g/mol. The minimum atomic E-state index is -0.621. The Labute approximate surface area is 296 Å². The van der Waals surface area contributed by atoms with Gasteiger partial charge in [-0.25, -0.2) is 4.79 Å². The number of carbonyl (C=O) groups excluding carboxylic acids is 5. The van der Waals surface area contributed by atoms with E-state index in [9.17, 15) is 29.1 Å². The summed E-state index contributed by atoms with van der Waals surface area (Å²) in [4.78, 5) is 67.4. The number of benzene rings is 3. The van der Waals surface area contributed by atoms with E-state index in [0.717, 1.165) is 10.4 Å². The Balaban J connectivity index is 1.29. The number of carbonyl (C=O) groups is 5. The van der Waals surface area contributed by atoms with E-state index in [-0.39, 0.29) is 29.0 Å². The van der Waals surface area contributed by atoms with Crippen molar-refractivity contribution in [2.75, 3.05) is 37.2 Å². The summed E-state index contributed by atoms with van der Waals surface area (Å²) in [5, 5.41) is 18.6. The van der Waals surface area contributed by atoms with Crippen LogP contribution in [0.3, 0.4) is 0 Å². The predicted molar refractivity (Wildman–Crippen MR) is 191 cm³/mol. The SMILES string of the molecule is COC(=O)c1c(NC(=O)CSc2cccc(NC(=O)/C(=C\c3ccc(O)cc3OC)NC(=O)c3ccccc3)c2)sc2c1CCN(C(C)=O)C2. The van der Waals surface area contributed by atoms with Crippen molar-refractivity contribution in [3.05, 3.63) is 106 Å². The molecular formula is C36H34N4O8S2. The number of thioether (sulfide) groups is 1. The molecule has 3 aromatic carbocycles. The molecule has 0 bridgehead atoms. The maximum atomic E-state index is 13.6. The van der Waals surface area contributed by atoms with Gasteiger partial charge in [-0.2, -0.15) is 0 Å². The van der Waals surface area contributed by atoms with E-state index in [0.29, 0.717) is 57.5 Å². The van der Waals surface area contributed by atoms with Crippen molar-refractivity contribution in [2.24, 2.45) is 0 Å². The zero-order valence-electron chi connectivity index (χ0n) is 27.4. The third-order valence-corrected chi connectivity index (χ3v) is 9.78. The van der Waals surface area contributed by atoms with Crippen LogP contribution in [0.2, 0.25) is 0 Å². The van der Waals surface area contributed by atoms with Crippen LogP contribution in [0.15, 0.2) is 83.4 Å². The molecule has 4 amide bonds. The summed E-state index contributed by atoms with van der Waals surface area (Å²) < 4.78 is 10.3. The molecule has 0 radical (unpaired) electrons. The van der Waals surface area contributed by atoms with Crippen molar-refractivity contribution in [3.8, 4) is 11.5 Å². The topological polar surface area (TPSA) is 163 Å². The number of rotatable bonds is 11. The summed E-state index contributed by atoms with van der Waals surface area (Å²) >= 11 is 2.48. The van der Waals surface area contributed by atoms with Gasteiger partial charge >= 0.3 is 5.97 Å². The van der Waals surface area contributed by atoms with Crippen molar-refractivity contribution < 1.29 is 38.6 Å². The van der Waals surface area contributed by atoms with Gasteiger partial charge in [-0.3, -0.25) is 19.2 Å². The van der Waals surface area contributed by atoms with Gasteiger partial charge < -0.3 is 35.4 Å². The van der Waals surface area contributed by atoms with E-state index < -0.39 is 17.8 Å². The quantitative estimate of drug-likeness (QED) is 0.0918. The molecule has 2 heterocycles. The lowest BCUT2D eigenvalue weighted by Crippen LogP contribution is -2.33. The standard InChI is InChI=1S/C36H34N4O8S2/c1-21(41)40-15-14-27-30(19-40)50-35(32(27)36(46)48-3)39-31(43)20-49-26-11-7-10-24(17-26)37-34(45)28(38-33(44)22-8-5-4-6-9-22)16-23-12-13-25(42)18-29(23)47-2/h4-13,16-18,42H,14-15,19-20H2,1-3H3,(H,37,45)(H,38,44)(H,39,43)/b28-16+. The minimum Gasteiger partial charge on any atom is -0.508 e. The molecule has 1 aromatic heterocycles. The molecule has 50 heavy (non-hydrogen) atoms. The largest absolute Gasteiger partial charge is 0.508 e. The molecule has 0 saturated carbocycles.